The van der Waals surface area contributed by atoms with Gasteiger partial charge in [0.05, 0.1) is 24.4 Å². The highest BCUT2D eigenvalue weighted by Crippen LogP contribution is 2.30. The number of nitrogen functional groups attached to an aromatic ring is 1. The molecule has 194 valence electrons. The molecule has 7 N–H and O–H groups in total. The van der Waals surface area contributed by atoms with E-state index in [4.69, 9.17) is 31.4 Å². The van der Waals surface area contributed by atoms with Gasteiger partial charge < -0.3 is 31.4 Å². The second-order valence-corrected chi connectivity index (χ2v) is 9.48. The molecule has 0 saturated heterocycles. The van der Waals surface area contributed by atoms with E-state index in [1.165, 1.54) is 43.8 Å². The minimum Gasteiger partial charge on any atom is -0.494 e. The molecule has 1 atom stereocenters. The number of sulfonamides is 1. The molecule has 13 nitrogen and oxygen atoms in total. The molecule has 0 aliphatic heterocycles. The van der Waals surface area contributed by atoms with Crippen molar-refractivity contribution in [3.63, 3.8) is 0 Å². The van der Waals surface area contributed by atoms with E-state index in [0.717, 1.165) is 6.42 Å². The van der Waals surface area contributed by atoms with E-state index in [1.54, 1.807) is 0 Å². The predicted octanol–water partition coefficient (Wildman–Crippen LogP) is 2.10. The fourth-order valence-electron chi connectivity index (χ4n) is 2.59. The summed E-state index contributed by atoms with van der Waals surface area (Å²) < 4.78 is 40.7. The fourth-order valence-corrected chi connectivity index (χ4v) is 3.55. The van der Waals surface area contributed by atoms with Crippen molar-refractivity contribution in [2.24, 2.45) is 22.8 Å². The van der Waals surface area contributed by atoms with Gasteiger partial charge in [-0.1, -0.05) is 27.2 Å². The highest BCUT2D eigenvalue weighted by atomic mass is 32.2. The van der Waals surface area contributed by atoms with Crippen LogP contribution < -0.4 is 26.7 Å². The van der Waals surface area contributed by atoms with Gasteiger partial charge in [0.15, 0.2) is 5.75 Å². The molecule has 1 aromatic heterocycles. The van der Waals surface area contributed by atoms with Crippen LogP contribution in [0.3, 0.4) is 0 Å². The molecule has 0 aliphatic carbocycles. The first-order valence-corrected chi connectivity index (χ1v) is 11.9. The van der Waals surface area contributed by atoms with Crippen LogP contribution in [-0.2, 0) is 19.5 Å². The van der Waals surface area contributed by atoms with Crippen molar-refractivity contribution in [1.29, 1.82) is 0 Å². The topological polar surface area (TPSA) is 212 Å². The first-order chi connectivity index (χ1) is 16.3. The molecular weight excluding hydrogens is 480 g/mol. The monoisotopic (exact) mass is 512 g/mol. The van der Waals surface area contributed by atoms with Crippen LogP contribution in [0.4, 0.5) is 21.2 Å². The quantitative estimate of drug-likeness (QED) is 0.340. The Labute approximate surface area is 204 Å². The number of methoxy groups -OCH3 is 1. The lowest BCUT2D eigenvalue weighted by molar-refractivity contribution is 0.00795. The van der Waals surface area contributed by atoms with Gasteiger partial charge in [-0.3, -0.25) is 0 Å². The molecule has 2 amide bonds. The number of hydrogen-bond acceptors (Lipinski definition) is 10. The number of ether oxygens (including phenoxy) is 3. The van der Waals surface area contributed by atoms with E-state index in [2.05, 4.69) is 14.7 Å². The summed E-state index contributed by atoms with van der Waals surface area (Å²) in [6.45, 7) is 6.04. The molecule has 2 aromatic rings. The minimum absolute atomic E-state index is 0.0300. The predicted molar refractivity (Wildman–Crippen MR) is 129 cm³/mol. The number of amides is 2. The maximum absolute atomic E-state index is 12.0. The molecule has 0 spiro atoms. The number of benzene rings is 1. The summed E-state index contributed by atoms with van der Waals surface area (Å²) in [5.74, 6) is 0.610. The molecule has 35 heavy (non-hydrogen) atoms. The Balaban J connectivity index is 0.000000357. The number of hydrogen-bond donors (Lipinski definition) is 4. The van der Waals surface area contributed by atoms with E-state index in [-0.39, 0.29) is 30.0 Å². The third-order valence-corrected chi connectivity index (χ3v) is 6.51. The maximum atomic E-state index is 12.0. The van der Waals surface area contributed by atoms with Crippen molar-refractivity contribution in [3.8, 4) is 5.75 Å². The molecule has 0 aliphatic rings. The van der Waals surface area contributed by atoms with Gasteiger partial charge >= 0.3 is 12.2 Å². The number of rotatable bonds is 10. The zero-order valence-corrected chi connectivity index (χ0v) is 20.9. The number of nitrogens with two attached hydrogens (primary N) is 3. The van der Waals surface area contributed by atoms with Gasteiger partial charge in [0.25, 0.3) is 10.0 Å². The molecule has 0 fully saturated rings. The summed E-state index contributed by atoms with van der Waals surface area (Å²) in [6.07, 6.45) is 1.92. The van der Waals surface area contributed by atoms with E-state index < -0.39 is 27.6 Å². The summed E-state index contributed by atoms with van der Waals surface area (Å²) in [7, 11) is -2.25. The largest absolute Gasteiger partial charge is 0.494 e. The summed E-state index contributed by atoms with van der Waals surface area (Å²) in [5.41, 5.74) is 15.3. The Morgan fingerprint density at radius 2 is 1.54 bits per heavy atom. The van der Waals surface area contributed by atoms with Crippen LogP contribution >= 0.6 is 0 Å². The van der Waals surface area contributed by atoms with E-state index in [9.17, 15) is 18.0 Å². The van der Waals surface area contributed by atoms with Crippen LogP contribution in [0.25, 0.3) is 0 Å². The third kappa shape index (κ3) is 9.92. The molecular formula is C21H32N6O7S. The second kappa shape index (κ2) is 13.2. The average Bonchev–Trinajstić information content (AvgIpc) is 2.82. The lowest BCUT2D eigenvalue weighted by atomic mass is 9.78. The van der Waals surface area contributed by atoms with Crippen LogP contribution in [0.5, 0.6) is 5.75 Å². The normalized spacial score (nSPS) is 11.9. The Hall–Kier alpha value is -3.81. The van der Waals surface area contributed by atoms with E-state index >= 15 is 0 Å². The van der Waals surface area contributed by atoms with Crippen molar-refractivity contribution in [2.45, 2.75) is 32.1 Å². The summed E-state index contributed by atoms with van der Waals surface area (Å²) in [5, 5.41) is 0. The van der Waals surface area contributed by atoms with Gasteiger partial charge in [0, 0.05) is 11.1 Å². The van der Waals surface area contributed by atoms with Gasteiger partial charge in [-0.15, -0.1) is 0 Å². The van der Waals surface area contributed by atoms with Crippen LogP contribution in [0.1, 0.15) is 27.2 Å². The fraction of sp³-hybridized carbons (Fsp3) is 0.429. The Bertz CT molecular complexity index is 1040. The standard InChI is InChI=1S/C11H12N4O3S.C10H20N2O4/c1-18-9-6-13-11(14-7-9)15-19(16,17)10-4-2-8(12)3-5-10;1-4-7(2)10(3,5-15-8(11)13)6-16-9(12)14/h2-7H,12H2,1H3,(H,13,14,15);7H,4-6H2,1-3H3,(H2,11,13)(H2,12,14). The molecule has 2 rings (SSSR count). The number of nitrogens with one attached hydrogen (secondary N) is 1. The van der Waals surface area contributed by atoms with Gasteiger partial charge in [0.2, 0.25) is 5.95 Å². The molecule has 14 heteroatoms. The van der Waals surface area contributed by atoms with Gasteiger partial charge in [0.1, 0.15) is 13.2 Å². The highest BCUT2D eigenvalue weighted by Gasteiger charge is 2.33. The summed E-state index contributed by atoms with van der Waals surface area (Å²) in [6, 6.07) is 5.81. The number of carbonyl (C=O) groups is 2. The van der Waals surface area contributed by atoms with Crippen molar-refractivity contribution in [2.75, 3.05) is 30.8 Å². The van der Waals surface area contributed by atoms with Crippen LogP contribution in [-0.4, -0.2) is 50.9 Å². The molecule has 0 bridgehead atoms. The molecule has 1 unspecified atom stereocenters. The number of primary amides is 2. The van der Waals surface area contributed by atoms with Crippen LogP contribution in [0.2, 0.25) is 0 Å². The first kappa shape index (κ1) is 29.2. The third-order valence-electron chi connectivity index (χ3n) is 5.17. The number of nitrogens with zero attached hydrogens (tertiary/aromatic N) is 2. The van der Waals surface area contributed by atoms with Crippen molar-refractivity contribution < 1.29 is 32.2 Å². The van der Waals surface area contributed by atoms with E-state index in [0.29, 0.717) is 11.4 Å². The molecule has 1 heterocycles. The molecule has 1 aromatic carbocycles. The zero-order valence-electron chi connectivity index (χ0n) is 20.1. The lowest BCUT2D eigenvalue weighted by Crippen LogP contribution is -2.38. The average molecular weight is 513 g/mol. The van der Waals surface area contributed by atoms with E-state index in [1.807, 2.05) is 20.8 Å². The second-order valence-electron chi connectivity index (χ2n) is 7.80. The first-order valence-electron chi connectivity index (χ1n) is 10.4. The van der Waals surface area contributed by atoms with Gasteiger partial charge in [-0.25, -0.2) is 32.7 Å². The lowest BCUT2D eigenvalue weighted by Gasteiger charge is -2.33. The van der Waals surface area contributed by atoms with Crippen LogP contribution in [0, 0.1) is 11.3 Å². The Morgan fingerprint density at radius 1 is 1.06 bits per heavy atom. The van der Waals surface area contributed by atoms with Crippen LogP contribution in [0.15, 0.2) is 41.6 Å². The van der Waals surface area contributed by atoms with Crippen molar-refractivity contribution >= 4 is 33.8 Å². The Kier molecular flexibility index (Phi) is 11.0. The summed E-state index contributed by atoms with van der Waals surface area (Å²) in [4.78, 5) is 28.9. The molecule has 0 saturated carbocycles. The number of aromatic nitrogens is 2. The number of carbonyl (C=O) groups excluding carboxylic acids is 2. The SMILES string of the molecule is CCC(C)C(C)(COC(N)=O)COC(N)=O.COc1cnc(NS(=O)(=O)c2ccc(N)cc2)nc1. The van der Waals surface area contributed by atoms with Gasteiger partial charge in [-0.05, 0) is 30.2 Å². The minimum atomic E-state index is -3.72. The maximum Gasteiger partial charge on any atom is 0.404 e. The molecule has 0 radical (unpaired) electrons. The zero-order chi connectivity index (χ0) is 26.6. The highest BCUT2D eigenvalue weighted by molar-refractivity contribution is 7.92. The van der Waals surface area contributed by atoms with Crippen molar-refractivity contribution in [1.82, 2.24) is 9.97 Å². The van der Waals surface area contributed by atoms with Gasteiger partial charge in [-0.2, -0.15) is 0 Å². The summed E-state index contributed by atoms with van der Waals surface area (Å²) >= 11 is 0. The number of anilines is 2. The smallest absolute Gasteiger partial charge is 0.404 e. The van der Waals surface area contributed by atoms with Crippen molar-refractivity contribution in [3.05, 3.63) is 36.7 Å². The Morgan fingerprint density at radius 3 is 1.94 bits per heavy atom.